The van der Waals surface area contributed by atoms with E-state index < -0.39 is 24.5 Å². The van der Waals surface area contributed by atoms with E-state index in [1.165, 1.54) is 20.5 Å². The van der Waals surface area contributed by atoms with Crippen LogP contribution in [0.1, 0.15) is 62.0 Å². The Morgan fingerprint density at radius 2 is 1.83 bits per heavy atom. The molecule has 1 fully saturated rings. The number of rotatable bonds is 8. The van der Waals surface area contributed by atoms with Crippen LogP contribution in [0.4, 0.5) is 27.9 Å². The first-order chi connectivity index (χ1) is 20.0. The molecule has 6 rings (SSSR count). The van der Waals surface area contributed by atoms with E-state index in [1.54, 1.807) is 38.1 Å². The highest BCUT2D eigenvalue weighted by Crippen LogP contribution is 2.46. The first-order valence-electron chi connectivity index (χ1n) is 13.4. The molecule has 1 saturated carbocycles. The summed E-state index contributed by atoms with van der Waals surface area (Å²) in [7, 11) is 0. The minimum absolute atomic E-state index is 0.0502. The fraction of sp³-hybridized carbons (Fsp3) is 0.407. The van der Waals surface area contributed by atoms with Gasteiger partial charge in [-0.2, -0.15) is 26.9 Å². The van der Waals surface area contributed by atoms with Crippen molar-refractivity contribution < 1.29 is 31.5 Å². The fourth-order valence-electron chi connectivity index (χ4n) is 5.11. The summed E-state index contributed by atoms with van der Waals surface area (Å²) < 4.78 is 73.8. The van der Waals surface area contributed by atoms with E-state index >= 15 is 0 Å². The number of halogens is 5. The molecule has 3 aromatic heterocycles. The lowest BCUT2D eigenvalue weighted by Gasteiger charge is -2.31. The molecule has 0 bridgehead atoms. The zero-order valence-corrected chi connectivity index (χ0v) is 22.5. The van der Waals surface area contributed by atoms with E-state index in [0.29, 0.717) is 23.4 Å². The Balaban J connectivity index is 1.33. The van der Waals surface area contributed by atoms with Gasteiger partial charge in [-0.25, -0.2) is 19.6 Å². The van der Waals surface area contributed by atoms with Gasteiger partial charge in [-0.05, 0) is 32.3 Å². The van der Waals surface area contributed by atoms with Crippen LogP contribution in [-0.2, 0) is 24.1 Å². The minimum Gasteiger partial charge on any atom is -0.416 e. The van der Waals surface area contributed by atoms with Gasteiger partial charge in [-0.15, -0.1) is 5.10 Å². The predicted molar refractivity (Wildman–Crippen MR) is 139 cm³/mol. The predicted octanol–water partition coefficient (Wildman–Crippen LogP) is 5.61. The molecule has 4 heterocycles. The number of hydrogen-bond donors (Lipinski definition) is 0. The van der Waals surface area contributed by atoms with Crippen LogP contribution in [0.2, 0.25) is 0 Å². The molecule has 2 aliphatic rings. The molecule has 4 aromatic rings. The van der Waals surface area contributed by atoms with Crippen LogP contribution in [-0.4, -0.2) is 46.8 Å². The third-order valence-electron chi connectivity index (χ3n) is 7.35. The highest BCUT2D eigenvalue weighted by atomic mass is 19.4. The first-order valence-corrected chi connectivity index (χ1v) is 13.4. The number of aryl methyl sites for hydroxylation is 2. The second kappa shape index (κ2) is 10.4. The summed E-state index contributed by atoms with van der Waals surface area (Å²) in [6, 6.07) is 6.21. The van der Waals surface area contributed by atoms with Crippen molar-refractivity contribution in [3.05, 3.63) is 53.7 Å². The normalized spacial score (nSPS) is 16.2. The Morgan fingerprint density at radius 1 is 1.10 bits per heavy atom. The molecular formula is C27H25F5N8O2. The van der Waals surface area contributed by atoms with Crippen LogP contribution in [0.25, 0.3) is 22.8 Å². The molecule has 1 amide bonds. The van der Waals surface area contributed by atoms with Crippen molar-refractivity contribution in [3.8, 4) is 28.7 Å². The summed E-state index contributed by atoms with van der Waals surface area (Å²) >= 11 is 0. The summed E-state index contributed by atoms with van der Waals surface area (Å²) in [4.78, 5) is 31.2. The lowest BCUT2D eigenvalue weighted by atomic mass is 10.0. The fourth-order valence-corrected chi connectivity index (χ4v) is 5.11. The summed E-state index contributed by atoms with van der Waals surface area (Å²) in [6.45, 7) is 0.946. The number of nitrogens with zero attached hydrogens (tertiary/aromatic N) is 8. The zero-order chi connectivity index (χ0) is 29.8. The summed E-state index contributed by atoms with van der Waals surface area (Å²) in [5.74, 6) is -0.00857. The van der Waals surface area contributed by atoms with E-state index in [1.807, 2.05) is 0 Å². The van der Waals surface area contributed by atoms with E-state index in [2.05, 4.69) is 29.8 Å². The number of fused-ring (bicyclic) bond motifs is 1. The number of ether oxygens (including phenoxy) is 1. The quantitative estimate of drug-likeness (QED) is 0.246. The van der Waals surface area contributed by atoms with Gasteiger partial charge in [0.25, 0.3) is 0 Å². The molecule has 0 N–H and O–H groups in total. The largest absolute Gasteiger partial charge is 0.434 e. The van der Waals surface area contributed by atoms with Gasteiger partial charge in [-0.3, -0.25) is 9.69 Å². The van der Waals surface area contributed by atoms with Gasteiger partial charge in [0.05, 0.1) is 18.3 Å². The van der Waals surface area contributed by atoms with Crippen molar-refractivity contribution >= 4 is 11.9 Å². The summed E-state index contributed by atoms with van der Waals surface area (Å²) in [5, 5.41) is 4.52. The molecule has 15 heteroatoms. The number of amides is 1. The Morgan fingerprint density at radius 3 is 2.48 bits per heavy atom. The molecule has 1 aliphatic carbocycles. The third-order valence-corrected chi connectivity index (χ3v) is 7.35. The average Bonchev–Trinajstić information content (AvgIpc) is 3.55. The van der Waals surface area contributed by atoms with Crippen molar-refractivity contribution in [2.24, 2.45) is 0 Å². The molecule has 42 heavy (non-hydrogen) atoms. The van der Waals surface area contributed by atoms with Gasteiger partial charge in [0.1, 0.15) is 17.7 Å². The second-order valence-electron chi connectivity index (χ2n) is 10.1. The molecular weight excluding hydrogens is 563 g/mol. The number of hydrogen-bond acceptors (Lipinski definition) is 7. The van der Waals surface area contributed by atoms with Crippen LogP contribution in [0.3, 0.4) is 0 Å². The highest BCUT2D eigenvalue weighted by Gasteiger charge is 2.37. The molecule has 0 unspecified atom stereocenters. The number of carbonyl (C=O) groups is 1. The summed E-state index contributed by atoms with van der Waals surface area (Å²) in [6.07, 6.45) is -0.618. The molecule has 1 aromatic carbocycles. The third kappa shape index (κ3) is 5.07. The van der Waals surface area contributed by atoms with Gasteiger partial charge < -0.3 is 9.30 Å². The standard InChI is InChI=1S/C27H25F5N8O2/c1-3-38-12-18(27(30,31)32)35-23(38)17-8-4-15(5-9-17)14(2)40-19(41)10-11-39-26(40)36-22(37-39)20-21(16-6-7-16)33-13-34-24(20)42-25(28)29/h4-5,8-9,12-14,16,25H,3,6-7,10-11H2,1-2H3/t14-/m0/s1. The van der Waals surface area contributed by atoms with Gasteiger partial charge in [0, 0.05) is 30.6 Å². The smallest absolute Gasteiger partial charge is 0.416 e. The molecule has 1 aliphatic heterocycles. The minimum atomic E-state index is -4.56. The Bertz CT molecular complexity index is 1630. The van der Waals surface area contributed by atoms with Crippen LogP contribution in [0.5, 0.6) is 5.88 Å². The maximum absolute atomic E-state index is 13.2. The molecule has 0 radical (unpaired) electrons. The van der Waals surface area contributed by atoms with Gasteiger partial charge in [0.15, 0.2) is 11.5 Å². The molecule has 0 saturated heterocycles. The lowest BCUT2D eigenvalue weighted by Crippen LogP contribution is -2.39. The van der Waals surface area contributed by atoms with Crippen LogP contribution >= 0.6 is 0 Å². The van der Waals surface area contributed by atoms with Gasteiger partial charge in [0.2, 0.25) is 17.7 Å². The van der Waals surface area contributed by atoms with Crippen LogP contribution < -0.4 is 9.64 Å². The van der Waals surface area contributed by atoms with Crippen LogP contribution in [0, 0.1) is 0 Å². The zero-order valence-electron chi connectivity index (χ0n) is 22.5. The Hall–Kier alpha value is -4.43. The molecule has 10 nitrogen and oxygen atoms in total. The number of imidazole rings is 1. The second-order valence-corrected chi connectivity index (χ2v) is 10.1. The molecule has 1 atom stereocenters. The van der Waals surface area contributed by atoms with Crippen molar-refractivity contribution in [1.29, 1.82) is 0 Å². The maximum Gasteiger partial charge on any atom is 0.434 e. The lowest BCUT2D eigenvalue weighted by molar-refractivity contribution is -0.140. The van der Waals surface area contributed by atoms with E-state index in [-0.39, 0.29) is 53.8 Å². The Kier molecular flexibility index (Phi) is 6.89. The number of alkyl halides is 5. The first kappa shape index (κ1) is 27.7. The Labute approximate surface area is 236 Å². The van der Waals surface area contributed by atoms with E-state index in [9.17, 15) is 26.7 Å². The van der Waals surface area contributed by atoms with Crippen molar-refractivity contribution in [2.75, 3.05) is 4.90 Å². The number of carbonyl (C=O) groups excluding carboxylic acids is 1. The maximum atomic E-state index is 13.2. The molecule has 220 valence electrons. The monoisotopic (exact) mass is 588 g/mol. The van der Waals surface area contributed by atoms with E-state index in [4.69, 9.17) is 0 Å². The van der Waals surface area contributed by atoms with Crippen molar-refractivity contribution in [1.82, 2.24) is 34.3 Å². The van der Waals surface area contributed by atoms with Crippen LogP contribution in [0.15, 0.2) is 36.8 Å². The average molecular weight is 589 g/mol. The summed E-state index contributed by atoms with van der Waals surface area (Å²) in [5.41, 5.74) is 0.906. The molecule has 0 spiro atoms. The number of anilines is 1. The highest BCUT2D eigenvalue weighted by molar-refractivity contribution is 5.94. The van der Waals surface area contributed by atoms with Crippen molar-refractivity contribution in [3.63, 3.8) is 0 Å². The SMILES string of the molecule is CCn1cc(C(F)(F)F)nc1-c1ccc([C@H](C)N2C(=O)CCn3nc(-c4c(OC(F)F)ncnc4C4CC4)nc32)cc1. The van der Waals surface area contributed by atoms with Gasteiger partial charge >= 0.3 is 12.8 Å². The van der Waals surface area contributed by atoms with Crippen molar-refractivity contribution in [2.45, 2.75) is 70.9 Å². The van der Waals surface area contributed by atoms with Gasteiger partial charge in [-0.1, -0.05) is 24.3 Å². The topological polar surface area (TPSA) is 104 Å². The number of aromatic nitrogens is 7. The van der Waals surface area contributed by atoms with E-state index in [0.717, 1.165) is 19.0 Å². The number of benzene rings is 1.